The molecule has 3 aromatic carbocycles. The van der Waals surface area contributed by atoms with Crippen LogP contribution in [-0.4, -0.2) is 12.7 Å². The van der Waals surface area contributed by atoms with Crippen molar-refractivity contribution in [3.63, 3.8) is 0 Å². The third-order valence-electron chi connectivity index (χ3n) is 5.03. The van der Waals surface area contributed by atoms with E-state index in [1.54, 1.807) is 43.3 Å². The monoisotopic (exact) mass is 514 g/mol. The molecule has 0 saturated carbocycles. The van der Waals surface area contributed by atoms with Gasteiger partial charge in [-0.2, -0.15) is 5.26 Å². The van der Waals surface area contributed by atoms with Gasteiger partial charge in [-0.1, -0.05) is 46.9 Å². The molecule has 0 aliphatic carbocycles. The van der Waals surface area contributed by atoms with Crippen LogP contribution in [0.1, 0.15) is 16.7 Å². The van der Waals surface area contributed by atoms with Crippen LogP contribution in [0.4, 0.5) is 5.69 Å². The molecule has 0 spiro atoms. The Bertz CT molecular complexity index is 1330. The van der Waals surface area contributed by atoms with E-state index in [0.29, 0.717) is 33.3 Å². The highest BCUT2D eigenvalue weighted by molar-refractivity contribution is 6.37. The number of halogens is 3. The lowest BCUT2D eigenvalue weighted by Crippen LogP contribution is -2.14. The van der Waals surface area contributed by atoms with Crippen molar-refractivity contribution >= 4 is 52.5 Å². The summed E-state index contributed by atoms with van der Waals surface area (Å²) in [5, 5.41) is 13.2. The second-order valence-electron chi connectivity index (χ2n) is 7.33. The number of hydrogen-bond donors (Lipinski definition) is 1. The molecule has 1 aliphatic rings. The quantitative estimate of drug-likeness (QED) is 0.288. The Morgan fingerprint density at radius 1 is 1.09 bits per heavy atom. The maximum Gasteiger partial charge on any atom is 0.266 e. The number of rotatable bonds is 6. The van der Waals surface area contributed by atoms with E-state index in [4.69, 9.17) is 49.0 Å². The first kappa shape index (κ1) is 23.8. The molecule has 0 atom stereocenters. The number of ether oxygens (including phenoxy) is 3. The summed E-state index contributed by atoms with van der Waals surface area (Å²) in [6.45, 7) is 2.17. The van der Waals surface area contributed by atoms with Crippen LogP contribution in [0.25, 0.3) is 6.08 Å². The van der Waals surface area contributed by atoms with Gasteiger partial charge >= 0.3 is 0 Å². The predicted molar refractivity (Wildman–Crippen MR) is 132 cm³/mol. The van der Waals surface area contributed by atoms with E-state index in [9.17, 15) is 10.1 Å². The Labute approximate surface area is 211 Å². The van der Waals surface area contributed by atoms with E-state index >= 15 is 0 Å². The van der Waals surface area contributed by atoms with E-state index in [-0.39, 0.29) is 34.8 Å². The molecule has 1 N–H and O–H groups in total. The third kappa shape index (κ3) is 5.23. The Kier molecular flexibility index (Phi) is 7.18. The van der Waals surface area contributed by atoms with Gasteiger partial charge in [0.1, 0.15) is 18.2 Å². The van der Waals surface area contributed by atoms with E-state index in [0.717, 1.165) is 5.56 Å². The van der Waals surface area contributed by atoms with E-state index < -0.39 is 5.91 Å². The summed E-state index contributed by atoms with van der Waals surface area (Å²) in [5.74, 6) is 1.03. The summed E-state index contributed by atoms with van der Waals surface area (Å²) in [4.78, 5) is 12.6. The number of amides is 1. The largest absolute Gasteiger partial charge is 0.486 e. The van der Waals surface area contributed by atoms with Gasteiger partial charge in [0.05, 0.1) is 10.0 Å². The van der Waals surface area contributed by atoms with E-state index in [1.807, 2.05) is 18.2 Å². The van der Waals surface area contributed by atoms with Gasteiger partial charge < -0.3 is 19.5 Å². The van der Waals surface area contributed by atoms with Crippen molar-refractivity contribution < 1.29 is 19.0 Å². The summed E-state index contributed by atoms with van der Waals surface area (Å²) in [6.07, 6.45) is 1.40. The van der Waals surface area contributed by atoms with Crippen LogP contribution in [0, 0.1) is 18.3 Å². The zero-order chi connectivity index (χ0) is 24.2. The lowest BCUT2D eigenvalue weighted by atomic mass is 10.1. The van der Waals surface area contributed by atoms with E-state index in [2.05, 4.69) is 5.32 Å². The number of anilines is 1. The van der Waals surface area contributed by atoms with Crippen molar-refractivity contribution in [2.45, 2.75) is 13.5 Å². The minimum atomic E-state index is -0.580. The molecule has 0 aromatic heterocycles. The zero-order valence-corrected chi connectivity index (χ0v) is 20.1. The maximum atomic E-state index is 12.6. The van der Waals surface area contributed by atoms with Crippen LogP contribution in [-0.2, 0) is 11.4 Å². The molecule has 172 valence electrons. The van der Waals surface area contributed by atoms with Crippen LogP contribution in [0.2, 0.25) is 15.1 Å². The van der Waals surface area contributed by atoms with Crippen LogP contribution >= 0.6 is 34.8 Å². The molecular formula is C25H17Cl3N2O4. The van der Waals surface area contributed by atoms with Crippen molar-refractivity contribution in [1.82, 2.24) is 0 Å². The van der Waals surface area contributed by atoms with Gasteiger partial charge in [0, 0.05) is 10.7 Å². The third-order valence-corrected chi connectivity index (χ3v) is 6.00. The average Bonchev–Trinajstić information content (AvgIpc) is 3.28. The predicted octanol–water partition coefficient (Wildman–Crippen LogP) is 6.81. The molecule has 3 aromatic rings. The lowest BCUT2D eigenvalue weighted by molar-refractivity contribution is -0.112. The molecule has 6 nitrogen and oxygen atoms in total. The molecular weight excluding hydrogens is 499 g/mol. The number of hydrogen-bond acceptors (Lipinski definition) is 5. The standard InChI is InChI=1S/C25H17Cl3N2O4/c1-14-18(26)3-2-4-21(14)30-25(31)17(11-29)7-16-8-19(27)24(20(28)9-16)32-12-15-5-6-22-23(10-15)34-13-33-22/h2-10H,12-13H2,1H3,(H,30,31)/b17-7-. The highest BCUT2D eigenvalue weighted by Gasteiger charge is 2.16. The fraction of sp³-hybridized carbons (Fsp3) is 0.120. The van der Waals surface area contributed by atoms with Gasteiger partial charge in [0.2, 0.25) is 6.79 Å². The van der Waals surface area contributed by atoms with Crippen molar-refractivity contribution in [3.05, 3.63) is 85.9 Å². The Morgan fingerprint density at radius 2 is 1.82 bits per heavy atom. The average molecular weight is 516 g/mol. The first-order valence-electron chi connectivity index (χ1n) is 10.0. The number of carbonyl (C=O) groups excluding carboxylic acids is 1. The Hall–Kier alpha value is -3.37. The van der Waals surface area contributed by atoms with Crippen LogP contribution in [0.15, 0.2) is 54.1 Å². The highest BCUT2D eigenvalue weighted by atomic mass is 35.5. The van der Waals surface area contributed by atoms with Crippen LogP contribution < -0.4 is 19.5 Å². The van der Waals surface area contributed by atoms with E-state index in [1.165, 1.54) is 6.08 Å². The number of carbonyl (C=O) groups is 1. The topological polar surface area (TPSA) is 80.6 Å². The number of benzene rings is 3. The van der Waals surface area contributed by atoms with Crippen molar-refractivity contribution in [3.8, 4) is 23.3 Å². The molecule has 4 rings (SSSR count). The fourth-order valence-electron chi connectivity index (χ4n) is 3.23. The second kappa shape index (κ2) is 10.3. The number of fused-ring (bicyclic) bond motifs is 1. The molecule has 0 fully saturated rings. The Morgan fingerprint density at radius 3 is 2.56 bits per heavy atom. The molecule has 0 unspecified atom stereocenters. The molecule has 0 bridgehead atoms. The maximum absolute atomic E-state index is 12.6. The van der Waals surface area contributed by atoms with Gasteiger partial charge in [0.25, 0.3) is 5.91 Å². The lowest BCUT2D eigenvalue weighted by Gasteiger charge is -2.12. The fourth-order valence-corrected chi connectivity index (χ4v) is 4.02. The SMILES string of the molecule is Cc1c(Cl)cccc1NC(=O)/C(C#N)=C\c1cc(Cl)c(OCc2ccc3c(c2)OCO3)c(Cl)c1. The number of nitriles is 1. The highest BCUT2D eigenvalue weighted by Crippen LogP contribution is 2.37. The smallest absolute Gasteiger partial charge is 0.266 e. The summed E-state index contributed by atoms with van der Waals surface area (Å²) in [5.41, 5.74) is 2.41. The number of nitrogens with zero attached hydrogens (tertiary/aromatic N) is 1. The van der Waals surface area contributed by atoms with Gasteiger partial charge in [-0.05, 0) is 66.1 Å². The Balaban J connectivity index is 1.50. The summed E-state index contributed by atoms with van der Waals surface area (Å²) in [7, 11) is 0. The molecule has 1 heterocycles. The van der Waals surface area contributed by atoms with Gasteiger partial charge in [-0.3, -0.25) is 4.79 Å². The normalized spacial score (nSPS) is 12.3. The summed E-state index contributed by atoms with van der Waals surface area (Å²) < 4.78 is 16.5. The summed E-state index contributed by atoms with van der Waals surface area (Å²) in [6, 6.07) is 15.6. The van der Waals surface area contributed by atoms with Crippen LogP contribution in [0.3, 0.4) is 0 Å². The van der Waals surface area contributed by atoms with Crippen molar-refractivity contribution in [2.24, 2.45) is 0 Å². The number of nitrogens with one attached hydrogen (secondary N) is 1. The van der Waals surface area contributed by atoms with Crippen molar-refractivity contribution in [2.75, 3.05) is 12.1 Å². The first-order chi connectivity index (χ1) is 16.4. The molecule has 1 aliphatic heterocycles. The molecule has 1 amide bonds. The minimum absolute atomic E-state index is 0.125. The van der Waals surface area contributed by atoms with Crippen LogP contribution in [0.5, 0.6) is 17.2 Å². The minimum Gasteiger partial charge on any atom is -0.486 e. The first-order valence-corrected chi connectivity index (χ1v) is 11.2. The van der Waals surface area contributed by atoms with Gasteiger partial charge in [-0.15, -0.1) is 0 Å². The van der Waals surface area contributed by atoms with Gasteiger partial charge in [0.15, 0.2) is 17.2 Å². The van der Waals surface area contributed by atoms with Gasteiger partial charge in [-0.25, -0.2) is 0 Å². The molecule has 0 radical (unpaired) electrons. The van der Waals surface area contributed by atoms with Crippen molar-refractivity contribution in [1.29, 1.82) is 5.26 Å². The zero-order valence-electron chi connectivity index (χ0n) is 17.8. The molecule has 0 saturated heterocycles. The molecule has 34 heavy (non-hydrogen) atoms. The summed E-state index contributed by atoms with van der Waals surface area (Å²) >= 11 is 18.9. The second-order valence-corrected chi connectivity index (χ2v) is 8.55. The molecule has 9 heteroatoms.